The van der Waals surface area contributed by atoms with Crippen molar-refractivity contribution in [2.24, 2.45) is 0 Å². The zero-order valence-corrected chi connectivity index (χ0v) is 8.74. The first kappa shape index (κ1) is 9.71. The number of rotatable bonds is 2. The van der Waals surface area contributed by atoms with Crippen LogP contribution in [0.1, 0.15) is 24.3 Å². The number of nitrogens with zero attached hydrogens (tertiary/aromatic N) is 1. The number of aromatic nitrogens is 2. The number of carbonyl (C=O) groups is 1. The lowest BCUT2D eigenvalue weighted by Gasteiger charge is -2.05. The lowest BCUT2D eigenvalue weighted by atomic mass is 10.3. The first-order chi connectivity index (χ1) is 7.16. The van der Waals surface area contributed by atoms with Crippen LogP contribution in [0.25, 0.3) is 11.0 Å². The Hall–Kier alpha value is -1.84. The molecule has 4 heteroatoms. The highest BCUT2D eigenvalue weighted by Crippen LogP contribution is 2.11. The largest absolute Gasteiger partial charge is 0.349 e. The minimum atomic E-state index is -0.0944. The average Bonchev–Trinajstić information content (AvgIpc) is 2.59. The number of carbonyl (C=O) groups excluding carboxylic acids is 1. The van der Waals surface area contributed by atoms with Gasteiger partial charge in [-0.15, -0.1) is 0 Å². The van der Waals surface area contributed by atoms with Gasteiger partial charge >= 0.3 is 0 Å². The molecule has 0 unspecified atom stereocenters. The van der Waals surface area contributed by atoms with Gasteiger partial charge in [-0.3, -0.25) is 9.78 Å². The molecule has 78 valence electrons. The summed E-state index contributed by atoms with van der Waals surface area (Å²) in [5.41, 5.74) is 2.25. The lowest BCUT2D eigenvalue weighted by molar-refractivity contribution is 0.0939. The Balaban J connectivity index is 2.32. The Labute approximate surface area is 87.7 Å². The summed E-state index contributed by atoms with van der Waals surface area (Å²) in [4.78, 5) is 18.8. The number of amides is 1. The number of fused-ring (bicyclic) bond motifs is 1. The molecule has 0 saturated heterocycles. The van der Waals surface area contributed by atoms with Crippen molar-refractivity contribution in [1.82, 2.24) is 15.3 Å². The van der Waals surface area contributed by atoms with Crippen LogP contribution in [0.5, 0.6) is 0 Å². The molecular weight excluding hydrogens is 190 g/mol. The molecule has 2 heterocycles. The summed E-state index contributed by atoms with van der Waals surface area (Å²) in [7, 11) is 0. The van der Waals surface area contributed by atoms with Crippen molar-refractivity contribution in [3.8, 4) is 0 Å². The molecule has 4 nitrogen and oxygen atoms in total. The molecule has 0 bridgehead atoms. The Morgan fingerprint density at radius 3 is 3.00 bits per heavy atom. The Kier molecular flexibility index (Phi) is 2.41. The maximum absolute atomic E-state index is 11.7. The second-order valence-electron chi connectivity index (χ2n) is 3.75. The molecule has 0 radical (unpaired) electrons. The molecule has 0 spiro atoms. The first-order valence-corrected chi connectivity index (χ1v) is 4.91. The molecule has 0 aliphatic carbocycles. The van der Waals surface area contributed by atoms with E-state index in [2.05, 4.69) is 15.3 Å². The fourth-order valence-corrected chi connectivity index (χ4v) is 1.42. The van der Waals surface area contributed by atoms with Gasteiger partial charge in [0.25, 0.3) is 5.91 Å². The van der Waals surface area contributed by atoms with Crippen LogP contribution in [0.15, 0.2) is 24.4 Å². The highest BCUT2D eigenvalue weighted by atomic mass is 16.1. The molecule has 15 heavy (non-hydrogen) atoms. The van der Waals surface area contributed by atoms with Crippen LogP contribution in [0.2, 0.25) is 0 Å². The Bertz CT molecular complexity index is 454. The zero-order chi connectivity index (χ0) is 10.8. The van der Waals surface area contributed by atoms with E-state index in [0.717, 1.165) is 11.0 Å². The fraction of sp³-hybridized carbons (Fsp3) is 0.273. The van der Waals surface area contributed by atoms with Gasteiger partial charge in [-0.2, -0.15) is 0 Å². The molecule has 2 rings (SSSR count). The van der Waals surface area contributed by atoms with E-state index in [4.69, 9.17) is 0 Å². The van der Waals surface area contributed by atoms with Crippen molar-refractivity contribution in [1.29, 1.82) is 0 Å². The van der Waals surface area contributed by atoms with E-state index >= 15 is 0 Å². The number of hydrogen-bond acceptors (Lipinski definition) is 2. The van der Waals surface area contributed by atoms with Crippen LogP contribution in [0.4, 0.5) is 0 Å². The summed E-state index contributed by atoms with van der Waals surface area (Å²) < 4.78 is 0. The van der Waals surface area contributed by atoms with E-state index in [-0.39, 0.29) is 11.9 Å². The molecule has 2 aromatic rings. The number of nitrogens with one attached hydrogen (secondary N) is 2. The molecule has 2 aromatic heterocycles. The summed E-state index contributed by atoms with van der Waals surface area (Å²) in [6, 6.07) is 5.63. The predicted octanol–water partition coefficient (Wildman–Crippen LogP) is 1.70. The second-order valence-corrected chi connectivity index (χ2v) is 3.75. The van der Waals surface area contributed by atoms with E-state index in [1.807, 2.05) is 26.0 Å². The van der Waals surface area contributed by atoms with Crippen LogP contribution in [-0.4, -0.2) is 21.9 Å². The van der Waals surface area contributed by atoms with Gasteiger partial charge in [0.15, 0.2) is 0 Å². The minimum Gasteiger partial charge on any atom is -0.349 e. The Morgan fingerprint density at radius 1 is 1.53 bits per heavy atom. The van der Waals surface area contributed by atoms with Gasteiger partial charge in [0.1, 0.15) is 5.69 Å². The molecule has 0 aromatic carbocycles. The van der Waals surface area contributed by atoms with Crippen molar-refractivity contribution in [3.05, 3.63) is 30.1 Å². The van der Waals surface area contributed by atoms with Crippen molar-refractivity contribution < 1.29 is 4.79 Å². The van der Waals surface area contributed by atoms with Gasteiger partial charge in [0, 0.05) is 12.2 Å². The van der Waals surface area contributed by atoms with Crippen molar-refractivity contribution >= 4 is 16.9 Å². The number of aromatic amines is 1. The molecule has 0 atom stereocenters. The highest BCUT2D eigenvalue weighted by Gasteiger charge is 2.10. The van der Waals surface area contributed by atoms with Gasteiger partial charge in [-0.25, -0.2) is 0 Å². The molecule has 0 saturated carbocycles. The third-order valence-electron chi connectivity index (χ3n) is 2.05. The third kappa shape index (κ3) is 1.98. The average molecular weight is 203 g/mol. The standard InChI is InChI=1S/C11H13N3O/c1-7(2)13-11(15)10-6-9-8(14-10)4-3-5-12-9/h3-7,14H,1-2H3,(H,13,15). The quantitative estimate of drug-likeness (QED) is 0.780. The monoisotopic (exact) mass is 203 g/mol. The maximum atomic E-state index is 11.7. The van der Waals surface area contributed by atoms with Crippen molar-refractivity contribution in [3.63, 3.8) is 0 Å². The van der Waals surface area contributed by atoms with Crippen LogP contribution >= 0.6 is 0 Å². The maximum Gasteiger partial charge on any atom is 0.267 e. The van der Waals surface area contributed by atoms with Crippen molar-refractivity contribution in [2.45, 2.75) is 19.9 Å². The van der Waals surface area contributed by atoms with E-state index in [1.165, 1.54) is 0 Å². The van der Waals surface area contributed by atoms with Gasteiger partial charge in [-0.1, -0.05) is 0 Å². The Morgan fingerprint density at radius 2 is 2.33 bits per heavy atom. The smallest absolute Gasteiger partial charge is 0.267 e. The van der Waals surface area contributed by atoms with Gasteiger partial charge in [-0.05, 0) is 32.0 Å². The van der Waals surface area contributed by atoms with Crippen LogP contribution in [0, 0.1) is 0 Å². The number of pyridine rings is 1. The first-order valence-electron chi connectivity index (χ1n) is 4.91. The summed E-state index contributed by atoms with van der Waals surface area (Å²) in [5.74, 6) is -0.0944. The summed E-state index contributed by atoms with van der Waals surface area (Å²) >= 11 is 0. The third-order valence-corrected chi connectivity index (χ3v) is 2.05. The molecule has 2 N–H and O–H groups in total. The summed E-state index contributed by atoms with van der Waals surface area (Å²) in [5, 5.41) is 2.82. The van der Waals surface area contributed by atoms with Crippen LogP contribution in [-0.2, 0) is 0 Å². The van der Waals surface area contributed by atoms with Crippen LogP contribution in [0.3, 0.4) is 0 Å². The SMILES string of the molecule is CC(C)NC(=O)c1cc2ncccc2[nH]1. The summed E-state index contributed by atoms with van der Waals surface area (Å²) in [6.45, 7) is 3.86. The zero-order valence-electron chi connectivity index (χ0n) is 8.74. The molecule has 0 aliphatic heterocycles. The molecular formula is C11H13N3O. The van der Waals surface area contributed by atoms with E-state index in [9.17, 15) is 4.79 Å². The molecule has 1 amide bonds. The van der Waals surface area contributed by atoms with E-state index in [0.29, 0.717) is 5.69 Å². The van der Waals surface area contributed by atoms with E-state index in [1.54, 1.807) is 12.3 Å². The van der Waals surface area contributed by atoms with Crippen molar-refractivity contribution in [2.75, 3.05) is 0 Å². The van der Waals surface area contributed by atoms with E-state index < -0.39 is 0 Å². The van der Waals surface area contributed by atoms with Gasteiger partial charge in [0.05, 0.1) is 11.0 Å². The van der Waals surface area contributed by atoms with Crippen LogP contribution < -0.4 is 5.32 Å². The fourth-order valence-electron chi connectivity index (χ4n) is 1.42. The second kappa shape index (κ2) is 3.73. The lowest BCUT2D eigenvalue weighted by Crippen LogP contribution is -2.30. The van der Waals surface area contributed by atoms with Gasteiger partial charge < -0.3 is 10.3 Å². The number of hydrogen-bond donors (Lipinski definition) is 2. The molecule has 0 aliphatic rings. The minimum absolute atomic E-state index is 0.0944. The number of H-pyrrole nitrogens is 1. The predicted molar refractivity (Wildman–Crippen MR) is 58.7 cm³/mol. The normalized spacial score (nSPS) is 10.9. The topological polar surface area (TPSA) is 57.8 Å². The summed E-state index contributed by atoms with van der Waals surface area (Å²) in [6.07, 6.45) is 1.71. The van der Waals surface area contributed by atoms with Gasteiger partial charge in [0.2, 0.25) is 0 Å². The molecule has 0 fully saturated rings. The highest BCUT2D eigenvalue weighted by molar-refractivity contribution is 5.97.